The Morgan fingerprint density at radius 1 is 0.958 bits per heavy atom. The summed E-state index contributed by atoms with van der Waals surface area (Å²) in [5, 5.41) is 12.6. The summed E-state index contributed by atoms with van der Waals surface area (Å²) >= 11 is 0. The number of hydrogen-bond donors (Lipinski definition) is 2. The summed E-state index contributed by atoms with van der Waals surface area (Å²) in [6.07, 6.45) is 0.119. The Bertz CT molecular complexity index is 495. The van der Waals surface area contributed by atoms with Crippen molar-refractivity contribution in [3.8, 4) is 0 Å². The average molecular weight is 342 g/mol. The lowest BCUT2D eigenvalue weighted by molar-refractivity contribution is -0.198. The van der Waals surface area contributed by atoms with Crippen LogP contribution in [0.1, 0.15) is 12.8 Å². The maximum atomic E-state index is 12.0. The molecule has 2 fully saturated rings. The Morgan fingerprint density at radius 2 is 1.50 bits per heavy atom. The molecule has 2 saturated heterocycles. The normalized spacial score (nSPS) is 21.2. The van der Waals surface area contributed by atoms with Gasteiger partial charge in [0.05, 0.1) is 13.1 Å². The molecule has 0 radical (unpaired) electrons. The molecule has 0 aromatic rings. The van der Waals surface area contributed by atoms with Gasteiger partial charge in [-0.2, -0.15) is 0 Å². The van der Waals surface area contributed by atoms with Crippen molar-refractivity contribution in [3.05, 3.63) is 0 Å². The van der Waals surface area contributed by atoms with Gasteiger partial charge in [-0.1, -0.05) is 0 Å². The predicted octanol–water partition coefficient (Wildman–Crippen LogP) is -2.11. The van der Waals surface area contributed by atoms with Crippen LogP contribution in [-0.2, 0) is 24.0 Å². The molecule has 134 valence electrons. The Balaban J connectivity index is 1.84. The first-order valence-electron chi connectivity index (χ1n) is 7.89. The fourth-order valence-electron chi connectivity index (χ4n) is 2.58. The molecule has 0 saturated carbocycles. The third-order valence-electron chi connectivity index (χ3n) is 3.85. The first-order chi connectivity index (χ1) is 11.5. The molecule has 10 heteroatoms. The number of hydroxylamine groups is 2. The predicted molar refractivity (Wildman–Crippen MR) is 80.6 cm³/mol. The van der Waals surface area contributed by atoms with E-state index in [1.54, 1.807) is 9.80 Å². The first kappa shape index (κ1) is 18.3. The highest BCUT2D eigenvalue weighted by Gasteiger charge is 2.33. The molecule has 0 spiro atoms. The fraction of sp³-hybridized carbons (Fsp3) is 0.714. The zero-order valence-electron chi connectivity index (χ0n) is 13.4. The molecule has 10 nitrogen and oxygen atoms in total. The number of carboxylic acids is 1. The minimum absolute atomic E-state index is 0.0588. The summed E-state index contributed by atoms with van der Waals surface area (Å²) in [5.41, 5.74) is 0. The largest absolute Gasteiger partial charge is 0.480 e. The van der Waals surface area contributed by atoms with E-state index in [1.807, 2.05) is 0 Å². The van der Waals surface area contributed by atoms with Gasteiger partial charge in [-0.3, -0.25) is 24.2 Å². The summed E-state index contributed by atoms with van der Waals surface area (Å²) in [7, 11) is 0. The molecule has 0 aromatic heterocycles. The highest BCUT2D eigenvalue weighted by Crippen LogP contribution is 2.12. The highest BCUT2D eigenvalue weighted by molar-refractivity contribution is 6.01. The van der Waals surface area contributed by atoms with Crippen molar-refractivity contribution in [3.63, 3.8) is 0 Å². The number of nitrogens with one attached hydrogen (secondary N) is 1. The molecule has 0 aromatic carbocycles. The minimum Gasteiger partial charge on any atom is -0.480 e. The van der Waals surface area contributed by atoms with Crippen molar-refractivity contribution in [2.24, 2.45) is 0 Å². The van der Waals surface area contributed by atoms with Crippen LogP contribution in [0.2, 0.25) is 0 Å². The topological polar surface area (TPSA) is 119 Å². The zero-order chi connectivity index (χ0) is 17.5. The van der Waals surface area contributed by atoms with Crippen LogP contribution in [0.4, 0.5) is 0 Å². The number of imide groups is 1. The van der Waals surface area contributed by atoms with E-state index >= 15 is 0 Å². The number of aliphatic carboxylic acids is 1. The molecule has 2 heterocycles. The SMILES string of the molecule is O=C(O)CN1CCNCCN(CC(=O)ON2C(=O)CCC2=O)CC1. The van der Waals surface area contributed by atoms with E-state index in [4.69, 9.17) is 9.94 Å². The lowest BCUT2D eigenvalue weighted by atomic mass is 10.4. The van der Waals surface area contributed by atoms with Crippen molar-refractivity contribution in [2.45, 2.75) is 12.8 Å². The van der Waals surface area contributed by atoms with E-state index in [-0.39, 0.29) is 25.9 Å². The zero-order valence-corrected chi connectivity index (χ0v) is 13.4. The third kappa shape index (κ3) is 5.55. The third-order valence-corrected chi connectivity index (χ3v) is 3.85. The number of carbonyl (C=O) groups is 4. The maximum absolute atomic E-state index is 12.0. The summed E-state index contributed by atoms with van der Waals surface area (Å²) in [6.45, 7) is 3.38. The standard InChI is InChI=1S/C14H22N4O6/c19-11-1-2-12(20)18(11)24-14(23)10-17-6-4-15-3-5-16(7-8-17)9-13(21)22/h15H,1-10H2,(H,21,22). The van der Waals surface area contributed by atoms with Gasteiger partial charge < -0.3 is 15.3 Å². The second-order valence-electron chi connectivity index (χ2n) is 5.74. The number of carboxylic acid groups (broad SMARTS) is 1. The van der Waals surface area contributed by atoms with Gasteiger partial charge in [-0.25, -0.2) is 4.79 Å². The smallest absolute Gasteiger partial charge is 0.347 e. The molecule has 2 amide bonds. The Labute approximate surface area is 139 Å². The maximum Gasteiger partial charge on any atom is 0.347 e. The number of rotatable bonds is 5. The van der Waals surface area contributed by atoms with Crippen molar-refractivity contribution >= 4 is 23.8 Å². The van der Waals surface area contributed by atoms with Crippen molar-refractivity contribution < 1.29 is 29.1 Å². The Kier molecular flexibility index (Phi) is 6.64. The second-order valence-corrected chi connectivity index (χ2v) is 5.74. The summed E-state index contributed by atoms with van der Waals surface area (Å²) in [4.78, 5) is 54.2. The van der Waals surface area contributed by atoms with Gasteiger partial charge in [0.25, 0.3) is 11.8 Å². The van der Waals surface area contributed by atoms with E-state index in [1.165, 1.54) is 0 Å². The number of carbonyl (C=O) groups excluding carboxylic acids is 3. The molecule has 0 atom stereocenters. The van der Waals surface area contributed by atoms with E-state index in [0.29, 0.717) is 44.3 Å². The van der Waals surface area contributed by atoms with E-state index < -0.39 is 23.8 Å². The van der Waals surface area contributed by atoms with Crippen LogP contribution in [-0.4, -0.2) is 96.1 Å². The minimum atomic E-state index is -0.897. The second kappa shape index (κ2) is 8.71. The summed E-state index contributed by atoms with van der Waals surface area (Å²) in [5.74, 6) is -2.59. The lowest BCUT2D eigenvalue weighted by Crippen LogP contribution is -2.42. The van der Waals surface area contributed by atoms with Crippen LogP contribution in [0, 0.1) is 0 Å². The van der Waals surface area contributed by atoms with Gasteiger partial charge in [0.1, 0.15) is 0 Å². The Hall–Kier alpha value is -2.04. The van der Waals surface area contributed by atoms with Crippen LogP contribution in [0.15, 0.2) is 0 Å². The monoisotopic (exact) mass is 342 g/mol. The van der Waals surface area contributed by atoms with Crippen molar-refractivity contribution in [1.29, 1.82) is 0 Å². The van der Waals surface area contributed by atoms with Crippen LogP contribution in [0.3, 0.4) is 0 Å². The summed E-state index contributed by atoms with van der Waals surface area (Å²) in [6, 6.07) is 0. The van der Waals surface area contributed by atoms with Gasteiger partial charge in [-0.15, -0.1) is 5.06 Å². The molecule has 0 aliphatic carbocycles. The van der Waals surface area contributed by atoms with E-state index in [9.17, 15) is 19.2 Å². The molecule has 0 unspecified atom stereocenters. The van der Waals surface area contributed by atoms with Gasteiger partial charge >= 0.3 is 11.9 Å². The Morgan fingerprint density at radius 3 is 2.04 bits per heavy atom. The van der Waals surface area contributed by atoms with Crippen molar-refractivity contribution in [2.75, 3.05) is 52.4 Å². The molecule has 0 bridgehead atoms. The van der Waals surface area contributed by atoms with Gasteiger partial charge in [-0.05, 0) is 0 Å². The average Bonchev–Trinajstić information content (AvgIpc) is 2.87. The van der Waals surface area contributed by atoms with Crippen LogP contribution >= 0.6 is 0 Å². The number of nitrogens with zero attached hydrogens (tertiary/aromatic N) is 3. The quantitative estimate of drug-likeness (QED) is 0.541. The van der Waals surface area contributed by atoms with Crippen LogP contribution in [0.25, 0.3) is 0 Å². The molecular weight excluding hydrogens is 320 g/mol. The molecule has 2 rings (SSSR count). The molecular formula is C14H22N4O6. The number of hydrogen-bond acceptors (Lipinski definition) is 8. The molecule has 2 N–H and O–H groups in total. The van der Waals surface area contributed by atoms with Gasteiger partial charge in [0, 0.05) is 52.1 Å². The summed E-state index contributed by atoms with van der Waals surface area (Å²) < 4.78 is 0. The first-order valence-corrected chi connectivity index (χ1v) is 7.89. The van der Waals surface area contributed by atoms with Crippen LogP contribution in [0.5, 0.6) is 0 Å². The fourth-order valence-corrected chi connectivity index (χ4v) is 2.58. The molecule has 24 heavy (non-hydrogen) atoms. The molecule has 2 aliphatic heterocycles. The lowest BCUT2D eigenvalue weighted by Gasteiger charge is -2.24. The highest BCUT2D eigenvalue weighted by atomic mass is 16.7. The van der Waals surface area contributed by atoms with Gasteiger partial charge in [0.2, 0.25) is 0 Å². The molecule has 2 aliphatic rings. The van der Waals surface area contributed by atoms with E-state index in [0.717, 1.165) is 0 Å². The van der Waals surface area contributed by atoms with Crippen molar-refractivity contribution in [1.82, 2.24) is 20.2 Å². The van der Waals surface area contributed by atoms with Gasteiger partial charge in [0.15, 0.2) is 0 Å². The van der Waals surface area contributed by atoms with E-state index in [2.05, 4.69) is 5.32 Å². The number of amides is 2. The van der Waals surface area contributed by atoms with Crippen LogP contribution < -0.4 is 5.32 Å².